The van der Waals surface area contributed by atoms with E-state index in [1.165, 1.54) is 0 Å². The lowest BCUT2D eigenvalue weighted by molar-refractivity contribution is 0.409. The molecule has 0 aliphatic carbocycles. The van der Waals surface area contributed by atoms with Gasteiger partial charge in [-0.3, -0.25) is 0 Å². The van der Waals surface area contributed by atoms with E-state index in [0.717, 1.165) is 24.0 Å². The fourth-order valence-electron chi connectivity index (χ4n) is 2.37. The maximum atomic E-state index is 12.8. The Hall–Kier alpha value is -1.07. The number of aryl methyl sites for hydroxylation is 2. The van der Waals surface area contributed by atoms with Gasteiger partial charge >= 0.3 is 0 Å². The van der Waals surface area contributed by atoms with Gasteiger partial charge in [-0.05, 0) is 49.9 Å². The van der Waals surface area contributed by atoms with Gasteiger partial charge in [0.05, 0.1) is 4.90 Å². The molecule has 0 heterocycles. The third-order valence-electron chi connectivity index (χ3n) is 3.03. The number of nitrogens with two attached hydrogens (primary N) is 1. The molecule has 0 aromatic heterocycles. The summed E-state index contributed by atoms with van der Waals surface area (Å²) in [7, 11) is -3.43. The minimum Gasteiger partial charge on any atom is -0.399 e. The molecule has 0 saturated heterocycles. The Morgan fingerprint density at radius 1 is 1.05 bits per heavy atom. The van der Waals surface area contributed by atoms with Gasteiger partial charge in [0.2, 0.25) is 10.0 Å². The largest absolute Gasteiger partial charge is 0.399 e. The smallest absolute Gasteiger partial charge is 0.243 e. The average Bonchev–Trinajstić information content (AvgIpc) is 2.26. The zero-order chi connectivity index (χ0) is 14.6. The Balaban J connectivity index is 3.33. The number of sulfonamides is 1. The molecule has 2 N–H and O–H groups in total. The van der Waals surface area contributed by atoms with Crippen LogP contribution in [-0.2, 0) is 10.0 Å². The number of rotatable bonds is 6. The average molecular weight is 284 g/mol. The van der Waals surface area contributed by atoms with E-state index in [9.17, 15) is 8.42 Å². The SMILES string of the molecule is CCCN(CCC)S(=O)(=O)c1c(C)cc(N)cc1C. The summed E-state index contributed by atoms with van der Waals surface area (Å²) in [6.07, 6.45) is 1.62. The van der Waals surface area contributed by atoms with Crippen LogP contribution >= 0.6 is 0 Å². The number of nitrogens with zero attached hydrogens (tertiary/aromatic N) is 1. The van der Waals surface area contributed by atoms with Gasteiger partial charge in [-0.15, -0.1) is 0 Å². The van der Waals surface area contributed by atoms with E-state index < -0.39 is 10.0 Å². The van der Waals surface area contributed by atoms with Crippen LogP contribution in [0.3, 0.4) is 0 Å². The van der Waals surface area contributed by atoms with Gasteiger partial charge < -0.3 is 5.73 Å². The molecule has 0 spiro atoms. The van der Waals surface area contributed by atoms with Crippen molar-refractivity contribution < 1.29 is 8.42 Å². The maximum absolute atomic E-state index is 12.8. The van der Waals surface area contributed by atoms with Crippen LogP contribution < -0.4 is 5.73 Å². The van der Waals surface area contributed by atoms with Crippen LogP contribution in [0.15, 0.2) is 17.0 Å². The standard InChI is InChI=1S/C14H24N2O2S/c1-5-7-16(8-6-2)19(17,18)14-11(3)9-13(15)10-12(14)4/h9-10H,5-8,15H2,1-4H3. The second-order valence-electron chi connectivity index (χ2n) is 4.89. The lowest BCUT2D eigenvalue weighted by atomic mass is 10.1. The maximum Gasteiger partial charge on any atom is 0.243 e. The third kappa shape index (κ3) is 3.48. The van der Waals surface area contributed by atoms with Crippen LogP contribution in [0, 0.1) is 13.8 Å². The van der Waals surface area contributed by atoms with Crippen LogP contribution in [-0.4, -0.2) is 25.8 Å². The number of hydrogen-bond acceptors (Lipinski definition) is 3. The molecule has 1 aromatic rings. The highest BCUT2D eigenvalue weighted by Gasteiger charge is 2.26. The predicted octanol–water partition coefficient (Wildman–Crippen LogP) is 2.70. The van der Waals surface area contributed by atoms with E-state index in [4.69, 9.17) is 5.73 Å². The summed E-state index contributed by atoms with van der Waals surface area (Å²) < 4.78 is 27.1. The summed E-state index contributed by atoms with van der Waals surface area (Å²) in [6.45, 7) is 8.68. The van der Waals surface area contributed by atoms with Crippen molar-refractivity contribution in [3.8, 4) is 0 Å². The molecule has 1 aromatic carbocycles. The van der Waals surface area contributed by atoms with E-state index >= 15 is 0 Å². The van der Waals surface area contributed by atoms with E-state index in [-0.39, 0.29) is 0 Å². The Kier molecular flexibility index (Phi) is 5.38. The summed E-state index contributed by atoms with van der Waals surface area (Å²) in [6, 6.07) is 3.44. The summed E-state index contributed by atoms with van der Waals surface area (Å²) in [5.41, 5.74) is 7.79. The summed E-state index contributed by atoms with van der Waals surface area (Å²) in [4.78, 5) is 0.406. The van der Waals surface area contributed by atoms with Crippen molar-refractivity contribution in [2.24, 2.45) is 0 Å². The lowest BCUT2D eigenvalue weighted by Crippen LogP contribution is -2.33. The second kappa shape index (κ2) is 6.39. The molecule has 0 unspecified atom stereocenters. The van der Waals surface area contributed by atoms with Crippen LogP contribution in [0.25, 0.3) is 0 Å². The molecule has 0 saturated carbocycles. The number of anilines is 1. The van der Waals surface area contributed by atoms with Gasteiger partial charge in [0, 0.05) is 18.8 Å². The van der Waals surface area contributed by atoms with Crippen LogP contribution in [0.2, 0.25) is 0 Å². The Morgan fingerprint density at radius 2 is 1.47 bits per heavy atom. The summed E-state index contributed by atoms with van der Waals surface area (Å²) >= 11 is 0. The molecule has 0 aliphatic heterocycles. The van der Waals surface area contributed by atoms with Crippen LogP contribution in [0.4, 0.5) is 5.69 Å². The molecule has 0 fully saturated rings. The van der Waals surface area contributed by atoms with Crippen LogP contribution in [0.5, 0.6) is 0 Å². The minimum absolute atomic E-state index is 0.406. The Morgan fingerprint density at radius 3 is 1.84 bits per heavy atom. The fourth-order valence-corrected chi connectivity index (χ4v) is 4.41. The molecule has 0 radical (unpaired) electrons. The van der Waals surface area contributed by atoms with E-state index in [2.05, 4.69) is 0 Å². The first-order valence-corrected chi connectivity index (χ1v) is 8.15. The molecule has 1 rings (SSSR count). The molecule has 19 heavy (non-hydrogen) atoms. The van der Waals surface area contributed by atoms with Crippen LogP contribution in [0.1, 0.15) is 37.8 Å². The van der Waals surface area contributed by atoms with Crippen molar-refractivity contribution in [1.29, 1.82) is 0 Å². The Labute approximate surface area is 116 Å². The van der Waals surface area contributed by atoms with Gasteiger partial charge in [-0.2, -0.15) is 4.31 Å². The molecule has 0 amide bonds. The molecule has 108 valence electrons. The van der Waals surface area contributed by atoms with Gasteiger partial charge in [0.1, 0.15) is 0 Å². The highest BCUT2D eigenvalue weighted by atomic mass is 32.2. The van der Waals surface area contributed by atoms with Crippen molar-refractivity contribution in [2.45, 2.75) is 45.4 Å². The molecule has 0 bridgehead atoms. The van der Waals surface area contributed by atoms with E-state index in [0.29, 0.717) is 23.7 Å². The zero-order valence-electron chi connectivity index (χ0n) is 12.2. The van der Waals surface area contributed by atoms with E-state index in [1.807, 2.05) is 13.8 Å². The first-order valence-electron chi connectivity index (χ1n) is 6.71. The first kappa shape index (κ1) is 16.0. The molecule has 0 aliphatic rings. The van der Waals surface area contributed by atoms with E-state index in [1.54, 1.807) is 30.3 Å². The normalized spacial score (nSPS) is 12.1. The quantitative estimate of drug-likeness (QED) is 0.817. The third-order valence-corrected chi connectivity index (χ3v) is 5.23. The lowest BCUT2D eigenvalue weighted by Gasteiger charge is -2.23. The Bertz CT molecular complexity index is 509. The minimum atomic E-state index is -3.43. The topological polar surface area (TPSA) is 63.4 Å². The molecule has 0 atom stereocenters. The molecular formula is C14H24N2O2S. The number of nitrogen functional groups attached to an aromatic ring is 1. The number of benzene rings is 1. The monoisotopic (exact) mass is 284 g/mol. The highest BCUT2D eigenvalue weighted by Crippen LogP contribution is 2.26. The zero-order valence-corrected chi connectivity index (χ0v) is 13.0. The van der Waals surface area contributed by atoms with Crippen molar-refractivity contribution in [2.75, 3.05) is 18.8 Å². The predicted molar refractivity (Wildman–Crippen MR) is 79.7 cm³/mol. The van der Waals surface area contributed by atoms with Gasteiger partial charge in [-0.25, -0.2) is 8.42 Å². The van der Waals surface area contributed by atoms with Crippen molar-refractivity contribution in [3.05, 3.63) is 23.3 Å². The summed E-state index contributed by atoms with van der Waals surface area (Å²) in [5, 5.41) is 0. The highest BCUT2D eigenvalue weighted by molar-refractivity contribution is 7.89. The summed E-state index contributed by atoms with van der Waals surface area (Å²) in [5.74, 6) is 0. The van der Waals surface area contributed by atoms with Crippen molar-refractivity contribution >= 4 is 15.7 Å². The fraction of sp³-hybridized carbons (Fsp3) is 0.571. The molecular weight excluding hydrogens is 260 g/mol. The van der Waals surface area contributed by atoms with Gasteiger partial charge in [0.25, 0.3) is 0 Å². The molecule has 4 nitrogen and oxygen atoms in total. The number of hydrogen-bond donors (Lipinski definition) is 1. The molecule has 5 heteroatoms. The second-order valence-corrected chi connectivity index (χ2v) is 6.76. The van der Waals surface area contributed by atoms with Crippen molar-refractivity contribution in [3.63, 3.8) is 0 Å². The van der Waals surface area contributed by atoms with Crippen molar-refractivity contribution in [1.82, 2.24) is 4.31 Å². The van der Waals surface area contributed by atoms with Gasteiger partial charge in [-0.1, -0.05) is 13.8 Å². The van der Waals surface area contributed by atoms with Gasteiger partial charge in [0.15, 0.2) is 0 Å². The first-order chi connectivity index (χ1) is 8.84.